The lowest BCUT2D eigenvalue weighted by Gasteiger charge is -2.47. The lowest BCUT2D eigenvalue weighted by atomic mass is 9.99. The van der Waals surface area contributed by atoms with Crippen molar-refractivity contribution in [3.8, 4) is 17.6 Å². The highest BCUT2D eigenvalue weighted by Crippen LogP contribution is 2.37. The number of ether oxygens (including phenoxy) is 2. The van der Waals surface area contributed by atoms with Gasteiger partial charge < -0.3 is 18.9 Å². The molecular weight excluding hydrogens is 463 g/mol. The van der Waals surface area contributed by atoms with E-state index in [0.29, 0.717) is 43.3 Å². The van der Waals surface area contributed by atoms with Crippen LogP contribution in [0, 0.1) is 17.1 Å². The number of nitriles is 1. The van der Waals surface area contributed by atoms with Gasteiger partial charge >= 0.3 is 0 Å². The SMILES string of the molecule is CC(c1ccc2c(c1)OCCO2)N1C[C@H](C)N(c2c(F)c(=O)n(C)c3c2nc(CC#N)n3C)C[C@H]1C. The van der Waals surface area contributed by atoms with Crippen molar-refractivity contribution in [1.29, 1.82) is 5.26 Å². The zero-order chi connectivity index (χ0) is 25.7. The fourth-order valence-corrected chi connectivity index (χ4v) is 5.53. The van der Waals surface area contributed by atoms with Crippen LogP contribution in [0.15, 0.2) is 23.0 Å². The zero-order valence-electron chi connectivity index (χ0n) is 21.3. The predicted molar refractivity (Wildman–Crippen MR) is 134 cm³/mol. The summed E-state index contributed by atoms with van der Waals surface area (Å²) in [7, 11) is 3.29. The zero-order valence-corrected chi connectivity index (χ0v) is 21.3. The number of pyridine rings is 1. The highest BCUT2D eigenvalue weighted by molar-refractivity contribution is 5.87. The molecule has 0 bridgehead atoms. The topological polar surface area (TPSA) is 88.6 Å². The van der Waals surface area contributed by atoms with E-state index in [1.54, 1.807) is 11.6 Å². The summed E-state index contributed by atoms with van der Waals surface area (Å²) in [4.78, 5) is 21.8. The predicted octanol–water partition coefficient (Wildman–Crippen LogP) is 2.91. The van der Waals surface area contributed by atoms with Gasteiger partial charge in [0.1, 0.15) is 35.9 Å². The first-order valence-electron chi connectivity index (χ1n) is 12.3. The van der Waals surface area contributed by atoms with Crippen molar-refractivity contribution in [1.82, 2.24) is 19.0 Å². The summed E-state index contributed by atoms with van der Waals surface area (Å²) in [6, 6.07) is 8.26. The van der Waals surface area contributed by atoms with Crippen molar-refractivity contribution in [2.24, 2.45) is 14.1 Å². The quantitative estimate of drug-likeness (QED) is 0.551. The van der Waals surface area contributed by atoms with Crippen LogP contribution >= 0.6 is 0 Å². The molecule has 0 radical (unpaired) electrons. The van der Waals surface area contributed by atoms with Crippen LogP contribution < -0.4 is 19.9 Å². The molecule has 1 unspecified atom stereocenters. The molecule has 0 aliphatic carbocycles. The van der Waals surface area contributed by atoms with Crippen molar-refractivity contribution >= 4 is 16.9 Å². The number of aromatic nitrogens is 3. The van der Waals surface area contributed by atoms with Gasteiger partial charge in [-0.25, -0.2) is 4.98 Å². The Labute approximate surface area is 209 Å². The average molecular weight is 495 g/mol. The number of hydrogen-bond acceptors (Lipinski definition) is 7. The lowest BCUT2D eigenvalue weighted by Crippen LogP contribution is -2.57. The number of benzene rings is 1. The van der Waals surface area contributed by atoms with E-state index in [-0.39, 0.29) is 30.2 Å². The molecule has 2 aliphatic rings. The molecule has 36 heavy (non-hydrogen) atoms. The van der Waals surface area contributed by atoms with E-state index < -0.39 is 11.4 Å². The first kappa shape index (κ1) is 24.1. The van der Waals surface area contributed by atoms with Gasteiger partial charge in [-0.1, -0.05) is 6.07 Å². The number of nitrogens with zero attached hydrogens (tertiary/aromatic N) is 6. The number of anilines is 1. The van der Waals surface area contributed by atoms with Crippen LogP contribution in [-0.2, 0) is 20.5 Å². The maximum Gasteiger partial charge on any atom is 0.290 e. The van der Waals surface area contributed by atoms with E-state index in [0.717, 1.165) is 17.1 Å². The van der Waals surface area contributed by atoms with Gasteiger partial charge in [0, 0.05) is 45.3 Å². The Balaban J connectivity index is 1.49. The highest BCUT2D eigenvalue weighted by Gasteiger charge is 2.36. The van der Waals surface area contributed by atoms with E-state index in [4.69, 9.17) is 9.47 Å². The molecule has 1 saturated heterocycles. The summed E-state index contributed by atoms with van der Waals surface area (Å²) in [5, 5.41) is 9.21. The molecule has 0 N–H and O–H groups in total. The fourth-order valence-electron chi connectivity index (χ4n) is 5.53. The van der Waals surface area contributed by atoms with Crippen LogP contribution in [0.5, 0.6) is 11.5 Å². The molecule has 190 valence electrons. The second kappa shape index (κ2) is 9.13. The maximum absolute atomic E-state index is 15.6. The Morgan fingerprint density at radius 2 is 1.86 bits per heavy atom. The molecule has 2 aromatic heterocycles. The number of halogens is 1. The third-order valence-electron chi connectivity index (χ3n) is 7.50. The van der Waals surface area contributed by atoms with Gasteiger partial charge in [0.15, 0.2) is 11.5 Å². The van der Waals surface area contributed by atoms with Crippen LogP contribution in [0.1, 0.15) is 38.2 Å². The fraction of sp³-hybridized carbons (Fsp3) is 0.500. The van der Waals surface area contributed by atoms with E-state index in [9.17, 15) is 10.1 Å². The third kappa shape index (κ3) is 3.78. The Morgan fingerprint density at radius 3 is 2.58 bits per heavy atom. The lowest BCUT2D eigenvalue weighted by molar-refractivity contribution is 0.118. The normalized spacial score (nSPS) is 21.0. The highest BCUT2D eigenvalue weighted by atomic mass is 19.1. The van der Waals surface area contributed by atoms with Gasteiger partial charge in [-0.2, -0.15) is 9.65 Å². The summed E-state index contributed by atoms with van der Waals surface area (Å²) >= 11 is 0. The summed E-state index contributed by atoms with van der Waals surface area (Å²) in [6.07, 6.45) is 0.0766. The molecule has 4 heterocycles. The largest absolute Gasteiger partial charge is 0.486 e. The molecule has 2 aliphatic heterocycles. The van der Waals surface area contributed by atoms with Crippen molar-refractivity contribution in [3.63, 3.8) is 0 Å². The molecule has 3 aromatic rings. The number of piperazine rings is 1. The summed E-state index contributed by atoms with van der Waals surface area (Å²) < 4.78 is 30.0. The Kier molecular flexibility index (Phi) is 6.12. The van der Waals surface area contributed by atoms with Gasteiger partial charge in [0.05, 0.1) is 12.5 Å². The van der Waals surface area contributed by atoms with Gasteiger partial charge in [-0.05, 0) is 38.5 Å². The van der Waals surface area contributed by atoms with Gasteiger partial charge in [0.2, 0.25) is 5.82 Å². The van der Waals surface area contributed by atoms with Crippen molar-refractivity contribution in [2.45, 2.75) is 45.3 Å². The molecule has 9 nitrogen and oxygen atoms in total. The average Bonchev–Trinajstić information content (AvgIpc) is 3.19. The molecule has 10 heteroatoms. The van der Waals surface area contributed by atoms with Crippen molar-refractivity contribution in [3.05, 3.63) is 45.8 Å². The third-order valence-corrected chi connectivity index (χ3v) is 7.50. The molecule has 0 spiro atoms. The number of hydrogen-bond donors (Lipinski definition) is 0. The second-order valence-electron chi connectivity index (χ2n) is 9.75. The summed E-state index contributed by atoms with van der Waals surface area (Å²) in [5.74, 6) is 1.22. The Bertz CT molecular complexity index is 1420. The van der Waals surface area contributed by atoms with Crippen LogP contribution in [0.2, 0.25) is 0 Å². The number of imidazole rings is 1. The second-order valence-corrected chi connectivity index (χ2v) is 9.75. The van der Waals surface area contributed by atoms with Crippen LogP contribution in [0.4, 0.5) is 10.1 Å². The number of rotatable bonds is 4. The minimum atomic E-state index is -0.806. The van der Waals surface area contributed by atoms with E-state index >= 15 is 4.39 Å². The first-order chi connectivity index (χ1) is 17.2. The van der Waals surface area contributed by atoms with E-state index in [2.05, 4.69) is 35.9 Å². The molecule has 1 aromatic carbocycles. The van der Waals surface area contributed by atoms with Gasteiger partial charge in [0.25, 0.3) is 5.56 Å². The standard InChI is InChI=1S/C26H31FN6O3/c1-15-14-33(24-22(27)26(34)31(5)25-23(24)29-21(8-9-28)30(25)4)16(2)13-32(15)17(3)18-6-7-19-20(12-18)36-11-10-35-19/h6-7,12,15-17H,8,10-11,13-14H2,1-5H3/t15-,16+,17?/m1/s1. The number of fused-ring (bicyclic) bond motifs is 2. The minimum Gasteiger partial charge on any atom is -0.486 e. The van der Waals surface area contributed by atoms with E-state index in [1.807, 2.05) is 24.0 Å². The molecule has 5 rings (SSSR count). The van der Waals surface area contributed by atoms with Crippen LogP contribution in [0.3, 0.4) is 0 Å². The minimum absolute atomic E-state index is 0.0743. The molecule has 1 fully saturated rings. The molecule has 0 saturated carbocycles. The molecule has 3 atom stereocenters. The van der Waals surface area contributed by atoms with Crippen molar-refractivity contribution < 1.29 is 13.9 Å². The van der Waals surface area contributed by atoms with Gasteiger partial charge in [-0.15, -0.1) is 0 Å². The molecular formula is C26H31FN6O3. The molecule has 0 amide bonds. The monoisotopic (exact) mass is 494 g/mol. The Morgan fingerprint density at radius 1 is 1.14 bits per heavy atom. The summed E-state index contributed by atoms with van der Waals surface area (Å²) in [6.45, 7) is 8.61. The van der Waals surface area contributed by atoms with Gasteiger partial charge in [-0.3, -0.25) is 14.3 Å². The maximum atomic E-state index is 15.6. The smallest absolute Gasteiger partial charge is 0.290 e. The van der Waals surface area contributed by atoms with Crippen molar-refractivity contribution in [2.75, 3.05) is 31.2 Å². The first-order valence-corrected chi connectivity index (χ1v) is 12.3. The summed E-state index contributed by atoms with van der Waals surface area (Å²) in [5.41, 5.74) is 1.57. The van der Waals surface area contributed by atoms with E-state index in [1.165, 1.54) is 11.6 Å². The number of aryl methyl sites for hydroxylation is 2. The van der Waals surface area contributed by atoms with Crippen LogP contribution in [-0.4, -0.2) is 57.4 Å². The van der Waals surface area contributed by atoms with Crippen LogP contribution in [0.25, 0.3) is 11.2 Å². The Hall–Kier alpha value is -3.58.